The monoisotopic (exact) mass is 318 g/mol. The molecule has 3 heteroatoms. The Balaban J connectivity index is 1.62. The number of benzene rings is 1. The van der Waals surface area contributed by atoms with Gasteiger partial charge in [-0.15, -0.1) is 11.8 Å². The van der Waals surface area contributed by atoms with E-state index < -0.39 is 0 Å². The van der Waals surface area contributed by atoms with Gasteiger partial charge in [0.25, 0.3) is 0 Å². The summed E-state index contributed by atoms with van der Waals surface area (Å²) in [6.07, 6.45) is 3.97. The van der Waals surface area contributed by atoms with Gasteiger partial charge in [0.1, 0.15) is 0 Å². The zero-order valence-corrected chi connectivity index (χ0v) is 14.9. The zero-order chi connectivity index (χ0) is 15.4. The number of hydrogen-bond donors (Lipinski definition) is 0. The van der Waals surface area contributed by atoms with Crippen LogP contribution in [0.4, 0.5) is 0 Å². The van der Waals surface area contributed by atoms with Gasteiger partial charge in [-0.3, -0.25) is 4.90 Å². The van der Waals surface area contributed by atoms with Gasteiger partial charge in [-0.2, -0.15) is 0 Å². The maximum Gasteiger partial charge on any atom is 0.0367 e. The molecule has 0 bridgehead atoms. The molecule has 1 atom stereocenters. The smallest absolute Gasteiger partial charge is 0.0367 e. The largest absolute Gasteiger partial charge is 0.302 e. The van der Waals surface area contributed by atoms with Gasteiger partial charge in [0.05, 0.1) is 0 Å². The first kappa shape index (κ1) is 16.4. The van der Waals surface area contributed by atoms with Crippen LogP contribution in [0.25, 0.3) is 0 Å². The molecule has 122 valence electrons. The van der Waals surface area contributed by atoms with Gasteiger partial charge in [-0.05, 0) is 55.7 Å². The molecule has 0 aliphatic carbocycles. The maximum atomic E-state index is 2.76. The standard InChI is InChI=1S/C19H30N2S/c1-16(2)8-12-20-10-5-11-21(14-13-20)18-9-15-22-19-7-4-3-6-17(18)19/h3-4,6-7,16,18H,5,8-15H2,1-2H3. The van der Waals surface area contributed by atoms with Crippen molar-refractivity contribution in [2.75, 3.05) is 38.5 Å². The summed E-state index contributed by atoms with van der Waals surface area (Å²) in [7, 11) is 0. The molecule has 1 saturated heterocycles. The molecule has 3 rings (SSSR count). The van der Waals surface area contributed by atoms with E-state index in [0.29, 0.717) is 6.04 Å². The zero-order valence-electron chi connectivity index (χ0n) is 14.1. The van der Waals surface area contributed by atoms with Crippen molar-refractivity contribution in [3.8, 4) is 0 Å². The van der Waals surface area contributed by atoms with Crippen LogP contribution in [0.1, 0.15) is 44.7 Å². The van der Waals surface area contributed by atoms with E-state index in [1.807, 2.05) is 11.8 Å². The van der Waals surface area contributed by atoms with Gasteiger partial charge in [-0.1, -0.05) is 32.0 Å². The Morgan fingerprint density at radius 1 is 1.14 bits per heavy atom. The van der Waals surface area contributed by atoms with Crippen LogP contribution in [-0.4, -0.2) is 48.3 Å². The minimum Gasteiger partial charge on any atom is -0.302 e. The molecular formula is C19H30N2S. The van der Waals surface area contributed by atoms with Crippen LogP contribution in [0.5, 0.6) is 0 Å². The molecule has 1 fully saturated rings. The first-order valence-electron chi connectivity index (χ1n) is 8.92. The van der Waals surface area contributed by atoms with E-state index in [0.717, 1.165) is 5.92 Å². The normalized spacial score (nSPS) is 24.2. The molecule has 2 nitrogen and oxygen atoms in total. The lowest BCUT2D eigenvalue weighted by atomic mass is 10.0. The van der Waals surface area contributed by atoms with E-state index in [2.05, 4.69) is 47.9 Å². The Morgan fingerprint density at radius 3 is 2.86 bits per heavy atom. The van der Waals surface area contributed by atoms with Crippen molar-refractivity contribution >= 4 is 11.8 Å². The van der Waals surface area contributed by atoms with E-state index in [9.17, 15) is 0 Å². The summed E-state index contributed by atoms with van der Waals surface area (Å²) in [5.74, 6) is 2.09. The highest BCUT2D eigenvalue weighted by Crippen LogP contribution is 2.39. The molecule has 2 heterocycles. The molecule has 1 aromatic rings. The second kappa shape index (κ2) is 7.85. The second-order valence-corrected chi connectivity index (χ2v) is 8.24. The van der Waals surface area contributed by atoms with Gasteiger partial charge in [0.15, 0.2) is 0 Å². The lowest BCUT2D eigenvalue weighted by molar-refractivity contribution is 0.189. The topological polar surface area (TPSA) is 6.48 Å². The van der Waals surface area contributed by atoms with Crippen molar-refractivity contribution in [2.24, 2.45) is 5.92 Å². The molecule has 2 aliphatic heterocycles. The summed E-state index contributed by atoms with van der Waals surface area (Å²) in [4.78, 5) is 6.96. The van der Waals surface area contributed by atoms with Gasteiger partial charge in [0, 0.05) is 30.6 Å². The van der Waals surface area contributed by atoms with Crippen molar-refractivity contribution in [1.82, 2.24) is 9.80 Å². The SMILES string of the molecule is CC(C)CCN1CCCN(C2CCSc3ccccc32)CC1. The van der Waals surface area contributed by atoms with Crippen LogP contribution >= 0.6 is 11.8 Å². The minimum absolute atomic E-state index is 0.655. The van der Waals surface area contributed by atoms with Gasteiger partial charge >= 0.3 is 0 Å². The summed E-state index contributed by atoms with van der Waals surface area (Å²) in [5, 5.41) is 0. The van der Waals surface area contributed by atoms with Crippen molar-refractivity contribution < 1.29 is 0 Å². The van der Waals surface area contributed by atoms with Crippen LogP contribution < -0.4 is 0 Å². The molecule has 0 spiro atoms. The molecular weight excluding hydrogens is 288 g/mol. The summed E-state index contributed by atoms with van der Waals surface area (Å²) >= 11 is 2.04. The van der Waals surface area contributed by atoms with Crippen molar-refractivity contribution in [3.63, 3.8) is 0 Å². The summed E-state index contributed by atoms with van der Waals surface area (Å²) < 4.78 is 0. The Morgan fingerprint density at radius 2 is 2.00 bits per heavy atom. The fraction of sp³-hybridized carbons (Fsp3) is 0.684. The number of hydrogen-bond acceptors (Lipinski definition) is 3. The number of rotatable bonds is 4. The fourth-order valence-electron chi connectivity index (χ4n) is 3.67. The fourth-order valence-corrected chi connectivity index (χ4v) is 4.78. The third-order valence-corrected chi connectivity index (χ3v) is 6.14. The summed E-state index contributed by atoms with van der Waals surface area (Å²) in [6, 6.07) is 9.71. The molecule has 0 saturated carbocycles. The number of thioether (sulfide) groups is 1. The molecule has 1 aromatic carbocycles. The highest BCUT2D eigenvalue weighted by atomic mass is 32.2. The van der Waals surface area contributed by atoms with Crippen molar-refractivity contribution in [3.05, 3.63) is 29.8 Å². The molecule has 0 radical (unpaired) electrons. The van der Waals surface area contributed by atoms with Crippen LogP contribution in [0.15, 0.2) is 29.2 Å². The molecule has 0 N–H and O–H groups in total. The first-order chi connectivity index (χ1) is 10.7. The van der Waals surface area contributed by atoms with Crippen molar-refractivity contribution in [2.45, 2.75) is 44.0 Å². The van der Waals surface area contributed by atoms with Crippen LogP contribution in [0, 0.1) is 5.92 Å². The predicted molar refractivity (Wildman–Crippen MR) is 96.6 cm³/mol. The minimum atomic E-state index is 0.655. The quantitative estimate of drug-likeness (QED) is 0.818. The molecule has 0 aromatic heterocycles. The van der Waals surface area contributed by atoms with E-state index in [1.54, 1.807) is 5.56 Å². The van der Waals surface area contributed by atoms with Gasteiger partial charge < -0.3 is 4.90 Å². The molecule has 0 amide bonds. The predicted octanol–water partition coefficient (Wildman–Crippen LogP) is 4.28. The third-order valence-electron chi connectivity index (χ3n) is 5.01. The average Bonchev–Trinajstić information content (AvgIpc) is 2.78. The van der Waals surface area contributed by atoms with E-state index in [4.69, 9.17) is 0 Å². The molecule has 1 unspecified atom stereocenters. The Bertz CT molecular complexity index is 474. The number of fused-ring (bicyclic) bond motifs is 1. The van der Waals surface area contributed by atoms with Crippen LogP contribution in [-0.2, 0) is 0 Å². The summed E-state index contributed by atoms with van der Waals surface area (Å²) in [5.41, 5.74) is 1.58. The number of nitrogens with zero attached hydrogens (tertiary/aromatic N) is 2. The third kappa shape index (κ3) is 4.06. The van der Waals surface area contributed by atoms with E-state index >= 15 is 0 Å². The maximum absolute atomic E-state index is 2.76. The van der Waals surface area contributed by atoms with Crippen molar-refractivity contribution in [1.29, 1.82) is 0 Å². The van der Waals surface area contributed by atoms with Crippen LogP contribution in [0.2, 0.25) is 0 Å². The highest BCUT2D eigenvalue weighted by molar-refractivity contribution is 7.99. The lowest BCUT2D eigenvalue weighted by Gasteiger charge is -2.35. The Kier molecular flexibility index (Phi) is 5.83. The Labute approximate surface area is 140 Å². The van der Waals surface area contributed by atoms with Crippen LogP contribution in [0.3, 0.4) is 0 Å². The Hall–Kier alpha value is -0.510. The molecule has 22 heavy (non-hydrogen) atoms. The van der Waals surface area contributed by atoms with Gasteiger partial charge in [0.2, 0.25) is 0 Å². The molecule has 2 aliphatic rings. The average molecular weight is 319 g/mol. The van der Waals surface area contributed by atoms with Gasteiger partial charge in [-0.25, -0.2) is 0 Å². The van der Waals surface area contributed by atoms with E-state index in [1.165, 1.54) is 62.6 Å². The first-order valence-corrected chi connectivity index (χ1v) is 9.90. The summed E-state index contributed by atoms with van der Waals surface area (Å²) in [6.45, 7) is 11.0. The second-order valence-electron chi connectivity index (χ2n) is 7.10. The van der Waals surface area contributed by atoms with E-state index in [-0.39, 0.29) is 0 Å². The lowest BCUT2D eigenvalue weighted by Crippen LogP contribution is -2.35. The highest BCUT2D eigenvalue weighted by Gasteiger charge is 2.27.